The topological polar surface area (TPSA) is 44.3 Å². The van der Waals surface area contributed by atoms with Crippen molar-refractivity contribution in [2.45, 2.75) is 19.4 Å². The second-order valence-corrected chi connectivity index (χ2v) is 5.15. The highest BCUT2D eigenvalue weighted by atomic mass is 16.2. The molecule has 0 atom stereocenters. The van der Waals surface area contributed by atoms with Crippen LogP contribution in [0.1, 0.15) is 16.7 Å². The Labute approximate surface area is 119 Å². The van der Waals surface area contributed by atoms with Crippen LogP contribution in [0.15, 0.2) is 42.5 Å². The fourth-order valence-electron chi connectivity index (χ4n) is 2.67. The summed E-state index contributed by atoms with van der Waals surface area (Å²) in [6, 6.07) is 14.8. The SMILES string of the molecule is OCCc1ccc(NCc2cccc3c2NCC3)cc1. The number of rotatable bonds is 5. The van der Waals surface area contributed by atoms with Crippen molar-refractivity contribution in [2.24, 2.45) is 0 Å². The van der Waals surface area contributed by atoms with Gasteiger partial charge in [-0.25, -0.2) is 0 Å². The van der Waals surface area contributed by atoms with Crippen LogP contribution in [0.25, 0.3) is 0 Å². The van der Waals surface area contributed by atoms with E-state index < -0.39 is 0 Å². The van der Waals surface area contributed by atoms with Gasteiger partial charge in [0.05, 0.1) is 0 Å². The highest BCUT2D eigenvalue weighted by Crippen LogP contribution is 2.27. The molecule has 0 aromatic heterocycles. The number of aliphatic hydroxyl groups excluding tert-OH is 1. The van der Waals surface area contributed by atoms with Gasteiger partial charge in [0.15, 0.2) is 0 Å². The van der Waals surface area contributed by atoms with Crippen LogP contribution in [0.3, 0.4) is 0 Å². The lowest BCUT2D eigenvalue weighted by molar-refractivity contribution is 0.299. The van der Waals surface area contributed by atoms with Crippen molar-refractivity contribution in [2.75, 3.05) is 23.8 Å². The summed E-state index contributed by atoms with van der Waals surface area (Å²) in [5.41, 5.74) is 6.32. The van der Waals surface area contributed by atoms with Crippen molar-refractivity contribution in [3.63, 3.8) is 0 Å². The molecule has 3 rings (SSSR count). The molecule has 0 spiro atoms. The Morgan fingerprint density at radius 1 is 1.10 bits per heavy atom. The second-order valence-electron chi connectivity index (χ2n) is 5.15. The minimum absolute atomic E-state index is 0.203. The number of anilines is 2. The summed E-state index contributed by atoms with van der Waals surface area (Å²) in [5.74, 6) is 0. The van der Waals surface area contributed by atoms with Crippen molar-refractivity contribution in [3.8, 4) is 0 Å². The quantitative estimate of drug-likeness (QED) is 0.781. The molecule has 2 aromatic rings. The Kier molecular flexibility index (Phi) is 3.88. The van der Waals surface area contributed by atoms with E-state index in [1.807, 2.05) is 0 Å². The molecule has 1 aliphatic heterocycles. The van der Waals surface area contributed by atoms with Gasteiger partial charge in [0.25, 0.3) is 0 Å². The predicted octanol–water partition coefficient (Wildman–Crippen LogP) is 2.80. The Balaban J connectivity index is 1.66. The molecule has 1 aliphatic rings. The molecule has 0 aliphatic carbocycles. The summed E-state index contributed by atoms with van der Waals surface area (Å²) in [5, 5.41) is 15.8. The van der Waals surface area contributed by atoms with Gasteiger partial charge in [-0.15, -0.1) is 0 Å². The van der Waals surface area contributed by atoms with Crippen LogP contribution in [-0.2, 0) is 19.4 Å². The molecular formula is C17H20N2O. The first-order valence-corrected chi connectivity index (χ1v) is 7.15. The molecule has 0 unspecified atom stereocenters. The van der Waals surface area contributed by atoms with Gasteiger partial charge in [0.2, 0.25) is 0 Å². The van der Waals surface area contributed by atoms with Gasteiger partial charge in [-0.1, -0.05) is 30.3 Å². The van der Waals surface area contributed by atoms with E-state index in [1.54, 1.807) is 0 Å². The molecule has 0 radical (unpaired) electrons. The maximum absolute atomic E-state index is 8.91. The van der Waals surface area contributed by atoms with Gasteiger partial charge in [0.1, 0.15) is 0 Å². The van der Waals surface area contributed by atoms with E-state index in [0.717, 1.165) is 31.6 Å². The molecule has 3 nitrogen and oxygen atoms in total. The van der Waals surface area contributed by atoms with Gasteiger partial charge in [-0.2, -0.15) is 0 Å². The summed E-state index contributed by atoms with van der Waals surface area (Å²) in [7, 11) is 0. The summed E-state index contributed by atoms with van der Waals surface area (Å²) < 4.78 is 0. The number of fused-ring (bicyclic) bond motifs is 1. The van der Waals surface area contributed by atoms with Crippen LogP contribution in [0.4, 0.5) is 11.4 Å². The molecule has 0 saturated heterocycles. The van der Waals surface area contributed by atoms with Crippen LogP contribution in [0, 0.1) is 0 Å². The van der Waals surface area contributed by atoms with Gasteiger partial charge in [0, 0.05) is 31.1 Å². The molecule has 1 heterocycles. The molecule has 0 saturated carbocycles. The zero-order valence-electron chi connectivity index (χ0n) is 11.5. The highest BCUT2D eigenvalue weighted by Gasteiger charge is 2.12. The van der Waals surface area contributed by atoms with E-state index in [-0.39, 0.29) is 6.61 Å². The van der Waals surface area contributed by atoms with Crippen LogP contribution < -0.4 is 10.6 Å². The number of hydrogen-bond acceptors (Lipinski definition) is 3. The fraction of sp³-hybridized carbons (Fsp3) is 0.294. The van der Waals surface area contributed by atoms with Gasteiger partial charge in [-0.05, 0) is 41.7 Å². The Bertz CT molecular complexity index is 578. The molecule has 2 aromatic carbocycles. The van der Waals surface area contributed by atoms with E-state index in [9.17, 15) is 0 Å². The minimum atomic E-state index is 0.203. The molecule has 3 heteroatoms. The van der Waals surface area contributed by atoms with E-state index in [1.165, 1.54) is 22.4 Å². The molecule has 3 N–H and O–H groups in total. The third kappa shape index (κ3) is 2.78. The predicted molar refractivity (Wildman–Crippen MR) is 83.2 cm³/mol. The van der Waals surface area contributed by atoms with Crippen LogP contribution in [0.5, 0.6) is 0 Å². The standard InChI is InChI=1S/C17H20N2O/c20-11-9-13-4-6-16(7-5-13)19-12-15-3-1-2-14-8-10-18-17(14)15/h1-7,18-20H,8-12H2. The maximum atomic E-state index is 8.91. The van der Waals surface area contributed by atoms with Crippen molar-refractivity contribution >= 4 is 11.4 Å². The van der Waals surface area contributed by atoms with Gasteiger partial charge in [-0.3, -0.25) is 0 Å². The highest BCUT2D eigenvalue weighted by molar-refractivity contribution is 5.62. The van der Waals surface area contributed by atoms with Crippen molar-refractivity contribution in [1.29, 1.82) is 0 Å². The fourth-order valence-corrected chi connectivity index (χ4v) is 2.67. The van der Waals surface area contributed by atoms with Crippen molar-refractivity contribution in [1.82, 2.24) is 0 Å². The summed E-state index contributed by atoms with van der Waals surface area (Å²) in [4.78, 5) is 0. The lowest BCUT2D eigenvalue weighted by atomic mass is 10.1. The minimum Gasteiger partial charge on any atom is -0.396 e. The Hall–Kier alpha value is -2.00. The smallest absolute Gasteiger partial charge is 0.0471 e. The normalized spacial score (nSPS) is 12.8. The van der Waals surface area contributed by atoms with Crippen LogP contribution in [0.2, 0.25) is 0 Å². The maximum Gasteiger partial charge on any atom is 0.0471 e. The molecule has 0 fully saturated rings. The molecule has 0 amide bonds. The molecule has 20 heavy (non-hydrogen) atoms. The molecule has 0 bridgehead atoms. The average molecular weight is 268 g/mol. The lowest BCUT2D eigenvalue weighted by Gasteiger charge is -2.11. The second kappa shape index (κ2) is 5.97. The third-order valence-corrected chi connectivity index (χ3v) is 3.77. The largest absolute Gasteiger partial charge is 0.396 e. The number of aliphatic hydroxyl groups is 1. The van der Waals surface area contributed by atoms with Crippen LogP contribution >= 0.6 is 0 Å². The van der Waals surface area contributed by atoms with Crippen LogP contribution in [-0.4, -0.2) is 18.3 Å². The van der Waals surface area contributed by atoms with E-state index in [4.69, 9.17) is 5.11 Å². The number of para-hydroxylation sites is 1. The van der Waals surface area contributed by atoms with Crippen molar-refractivity contribution in [3.05, 3.63) is 59.2 Å². The number of benzene rings is 2. The zero-order chi connectivity index (χ0) is 13.8. The molecule has 104 valence electrons. The number of hydrogen-bond donors (Lipinski definition) is 3. The van der Waals surface area contributed by atoms with Crippen molar-refractivity contribution < 1.29 is 5.11 Å². The van der Waals surface area contributed by atoms with Gasteiger partial charge < -0.3 is 15.7 Å². The third-order valence-electron chi connectivity index (χ3n) is 3.77. The monoisotopic (exact) mass is 268 g/mol. The lowest BCUT2D eigenvalue weighted by Crippen LogP contribution is -2.03. The summed E-state index contributed by atoms with van der Waals surface area (Å²) in [6.07, 6.45) is 1.84. The first-order chi connectivity index (χ1) is 9.86. The summed E-state index contributed by atoms with van der Waals surface area (Å²) >= 11 is 0. The Morgan fingerprint density at radius 2 is 1.95 bits per heavy atom. The Morgan fingerprint density at radius 3 is 2.75 bits per heavy atom. The molecular weight excluding hydrogens is 248 g/mol. The summed E-state index contributed by atoms with van der Waals surface area (Å²) in [6.45, 7) is 2.08. The van der Waals surface area contributed by atoms with E-state index in [2.05, 4.69) is 53.1 Å². The van der Waals surface area contributed by atoms with E-state index >= 15 is 0 Å². The van der Waals surface area contributed by atoms with Gasteiger partial charge >= 0.3 is 0 Å². The first-order valence-electron chi connectivity index (χ1n) is 7.15. The van der Waals surface area contributed by atoms with E-state index in [0.29, 0.717) is 0 Å². The number of nitrogens with one attached hydrogen (secondary N) is 2. The first kappa shape index (κ1) is 13.0. The average Bonchev–Trinajstić information content (AvgIpc) is 2.96. The zero-order valence-corrected chi connectivity index (χ0v) is 11.5.